The van der Waals surface area contributed by atoms with Gasteiger partial charge in [-0.2, -0.15) is 0 Å². The molecule has 0 bridgehead atoms. The number of thioether (sulfide) groups is 1. The van der Waals surface area contributed by atoms with Crippen LogP contribution in [0.2, 0.25) is 0 Å². The van der Waals surface area contributed by atoms with Crippen LogP contribution in [-0.4, -0.2) is 38.6 Å². The lowest BCUT2D eigenvalue weighted by Gasteiger charge is -2.26. The number of hydrogen-bond donors (Lipinski definition) is 1. The first-order chi connectivity index (χ1) is 10.6. The molecule has 0 fully saturated rings. The van der Waals surface area contributed by atoms with Gasteiger partial charge in [0.25, 0.3) is 5.91 Å². The number of carbonyl (C=O) groups is 2. The van der Waals surface area contributed by atoms with E-state index in [1.165, 1.54) is 17.8 Å². The molecule has 22 heavy (non-hydrogen) atoms. The predicted molar refractivity (Wildman–Crippen MR) is 87.9 cm³/mol. The zero-order valence-corrected chi connectivity index (χ0v) is 13.6. The molecule has 0 aromatic heterocycles. The van der Waals surface area contributed by atoms with Gasteiger partial charge in [-0.25, -0.2) is 0 Å². The van der Waals surface area contributed by atoms with Crippen molar-refractivity contribution >= 4 is 29.3 Å². The number of amides is 2. The molecule has 0 spiro atoms. The summed E-state index contributed by atoms with van der Waals surface area (Å²) in [6.45, 7) is 3.77. The van der Waals surface area contributed by atoms with E-state index in [9.17, 15) is 9.59 Å². The van der Waals surface area contributed by atoms with Gasteiger partial charge in [0.15, 0.2) is 0 Å². The maximum absolute atomic E-state index is 12.3. The Morgan fingerprint density at radius 3 is 2.95 bits per heavy atom. The Kier molecular flexibility index (Phi) is 6.03. The second-order valence-corrected chi connectivity index (χ2v) is 5.87. The molecule has 1 heterocycles. The minimum atomic E-state index is -0.250. The molecule has 2 amide bonds. The van der Waals surface area contributed by atoms with Gasteiger partial charge < -0.3 is 15.0 Å². The van der Waals surface area contributed by atoms with Gasteiger partial charge in [0.2, 0.25) is 5.91 Å². The number of hydrogen-bond acceptors (Lipinski definition) is 4. The second-order valence-electron chi connectivity index (χ2n) is 4.78. The van der Waals surface area contributed by atoms with Crippen molar-refractivity contribution in [3.8, 4) is 0 Å². The Hall–Kier alpha value is -1.79. The summed E-state index contributed by atoms with van der Waals surface area (Å²) < 4.78 is 5.20. The quantitative estimate of drug-likeness (QED) is 0.645. The average molecular weight is 320 g/mol. The van der Waals surface area contributed by atoms with Crippen LogP contribution >= 0.6 is 11.8 Å². The number of nitrogens with zero attached hydrogens (tertiary/aromatic N) is 1. The SMILES string of the molecule is CCOCCCNC(=O)/C=C1/Sc2ccccc2N(C)C1=O. The number of carbonyl (C=O) groups excluding carboxylic acids is 2. The van der Waals surface area contributed by atoms with Gasteiger partial charge in [-0.05, 0) is 25.5 Å². The molecule has 0 saturated carbocycles. The van der Waals surface area contributed by atoms with Crippen molar-refractivity contribution < 1.29 is 14.3 Å². The summed E-state index contributed by atoms with van der Waals surface area (Å²) in [6, 6.07) is 7.64. The highest BCUT2D eigenvalue weighted by Crippen LogP contribution is 2.40. The van der Waals surface area contributed by atoms with Crippen LogP contribution in [0.1, 0.15) is 13.3 Å². The summed E-state index contributed by atoms with van der Waals surface area (Å²) >= 11 is 1.33. The van der Waals surface area contributed by atoms with Gasteiger partial charge >= 0.3 is 0 Å². The lowest BCUT2D eigenvalue weighted by molar-refractivity contribution is -0.117. The maximum Gasteiger partial charge on any atom is 0.265 e. The fourth-order valence-corrected chi connectivity index (χ4v) is 3.13. The smallest absolute Gasteiger partial charge is 0.265 e. The predicted octanol–water partition coefficient (Wildman–Crippen LogP) is 2.18. The van der Waals surface area contributed by atoms with Crippen molar-refractivity contribution in [1.82, 2.24) is 5.32 Å². The molecule has 1 aliphatic rings. The van der Waals surface area contributed by atoms with Gasteiger partial charge in [0.1, 0.15) is 0 Å². The van der Waals surface area contributed by atoms with E-state index < -0.39 is 0 Å². The van der Waals surface area contributed by atoms with Crippen LogP contribution in [-0.2, 0) is 14.3 Å². The molecule has 118 valence electrons. The van der Waals surface area contributed by atoms with Crippen molar-refractivity contribution in [2.45, 2.75) is 18.2 Å². The number of fused-ring (bicyclic) bond motifs is 1. The van der Waals surface area contributed by atoms with E-state index in [0.29, 0.717) is 24.7 Å². The summed E-state index contributed by atoms with van der Waals surface area (Å²) in [5, 5.41) is 2.77. The van der Waals surface area contributed by atoms with Crippen molar-refractivity contribution in [2.24, 2.45) is 0 Å². The van der Waals surface area contributed by atoms with Crippen LogP contribution in [0.15, 0.2) is 40.1 Å². The number of anilines is 1. The maximum atomic E-state index is 12.3. The zero-order valence-electron chi connectivity index (χ0n) is 12.8. The van der Waals surface area contributed by atoms with E-state index >= 15 is 0 Å². The van der Waals surface area contributed by atoms with Crippen LogP contribution < -0.4 is 10.2 Å². The first kappa shape index (κ1) is 16.6. The number of nitrogens with one attached hydrogen (secondary N) is 1. The monoisotopic (exact) mass is 320 g/mol. The molecular formula is C16H20N2O3S. The molecule has 0 saturated heterocycles. The standard InChI is InChI=1S/C16H20N2O3S/c1-3-21-10-6-9-17-15(19)11-14-16(20)18(2)12-7-4-5-8-13(12)22-14/h4-5,7-8,11H,3,6,9-10H2,1-2H3,(H,17,19)/b14-11+. The summed E-state index contributed by atoms with van der Waals surface area (Å²) in [4.78, 5) is 27.1. The zero-order chi connectivity index (χ0) is 15.9. The second kappa shape index (κ2) is 8.00. The first-order valence-corrected chi connectivity index (χ1v) is 8.07. The minimum Gasteiger partial charge on any atom is -0.382 e. The van der Waals surface area contributed by atoms with Gasteiger partial charge in [-0.15, -0.1) is 0 Å². The van der Waals surface area contributed by atoms with Gasteiger partial charge in [0.05, 0.1) is 10.6 Å². The summed E-state index contributed by atoms with van der Waals surface area (Å²) in [7, 11) is 1.72. The highest BCUT2D eigenvalue weighted by Gasteiger charge is 2.26. The molecule has 1 N–H and O–H groups in total. The van der Waals surface area contributed by atoms with Gasteiger partial charge in [-0.3, -0.25) is 9.59 Å². The molecule has 0 aliphatic carbocycles. The molecule has 0 unspecified atom stereocenters. The largest absolute Gasteiger partial charge is 0.382 e. The third kappa shape index (κ3) is 4.11. The lowest BCUT2D eigenvalue weighted by atomic mass is 10.2. The van der Waals surface area contributed by atoms with Crippen LogP contribution in [0.4, 0.5) is 5.69 Å². The Balaban J connectivity index is 1.97. The van der Waals surface area contributed by atoms with Gasteiger partial charge in [-0.1, -0.05) is 23.9 Å². The molecule has 1 aliphatic heterocycles. The minimum absolute atomic E-state index is 0.159. The highest BCUT2D eigenvalue weighted by atomic mass is 32.2. The molecule has 2 rings (SSSR count). The van der Waals surface area contributed by atoms with E-state index in [2.05, 4.69) is 5.32 Å². The Labute approximate surface area is 134 Å². The van der Waals surface area contributed by atoms with E-state index in [-0.39, 0.29) is 11.8 Å². The van der Waals surface area contributed by atoms with E-state index in [0.717, 1.165) is 17.0 Å². The number of para-hydroxylation sites is 1. The Morgan fingerprint density at radius 2 is 2.18 bits per heavy atom. The van der Waals surface area contributed by atoms with Crippen LogP contribution in [0.25, 0.3) is 0 Å². The first-order valence-electron chi connectivity index (χ1n) is 7.25. The van der Waals surface area contributed by atoms with Crippen molar-refractivity contribution in [2.75, 3.05) is 31.7 Å². The van der Waals surface area contributed by atoms with Crippen LogP contribution in [0, 0.1) is 0 Å². The average Bonchev–Trinajstić information content (AvgIpc) is 2.52. The molecule has 1 aromatic rings. The lowest BCUT2D eigenvalue weighted by Crippen LogP contribution is -2.31. The van der Waals surface area contributed by atoms with Crippen LogP contribution in [0.3, 0.4) is 0 Å². The number of likely N-dealkylation sites (N-methyl/N-ethyl adjacent to an activating group) is 1. The molecule has 5 nitrogen and oxygen atoms in total. The third-order valence-corrected chi connectivity index (χ3v) is 4.27. The summed E-state index contributed by atoms with van der Waals surface area (Å²) in [6.07, 6.45) is 2.13. The molecule has 0 radical (unpaired) electrons. The Bertz CT molecular complexity index is 587. The van der Waals surface area contributed by atoms with E-state index in [1.807, 2.05) is 31.2 Å². The highest BCUT2D eigenvalue weighted by molar-refractivity contribution is 8.04. The number of ether oxygens (including phenoxy) is 1. The molecule has 6 heteroatoms. The van der Waals surface area contributed by atoms with Gasteiger partial charge in [0, 0.05) is 37.8 Å². The fraction of sp³-hybridized carbons (Fsp3) is 0.375. The van der Waals surface area contributed by atoms with E-state index in [4.69, 9.17) is 4.74 Å². The summed E-state index contributed by atoms with van der Waals surface area (Å²) in [5.41, 5.74) is 0.867. The summed E-state index contributed by atoms with van der Waals surface area (Å²) in [5.74, 6) is -0.409. The third-order valence-electron chi connectivity index (χ3n) is 3.19. The molecule has 0 atom stereocenters. The van der Waals surface area contributed by atoms with E-state index in [1.54, 1.807) is 11.9 Å². The van der Waals surface area contributed by atoms with Crippen molar-refractivity contribution in [1.29, 1.82) is 0 Å². The fourth-order valence-electron chi connectivity index (χ4n) is 2.05. The molecule has 1 aromatic carbocycles. The van der Waals surface area contributed by atoms with Crippen LogP contribution in [0.5, 0.6) is 0 Å². The topological polar surface area (TPSA) is 58.6 Å². The number of rotatable bonds is 6. The van der Waals surface area contributed by atoms with Crippen molar-refractivity contribution in [3.63, 3.8) is 0 Å². The normalized spacial score (nSPS) is 15.8. The van der Waals surface area contributed by atoms with Crippen molar-refractivity contribution in [3.05, 3.63) is 35.2 Å². The molecular weight excluding hydrogens is 300 g/mol. The number of benzene rings is 1. The Morgan fingerprint density at radius 1 is 1.41 bits per heavy atom.